The average Bonchev–Trinajstić information content (AvgIpc) is 3.53. The highest BCUT2D eigenvalue weighted by Gasteiger charge is 2.30. The molecule has 0 saturated heterocycles. The van der Waals surface area contributed by atoms with Gasteiger partial charge in [0, 0.05) is 25.7 Å². The molecule has 86 heavy (non-hydrogen) atoms. The molecule has 3 N–H and O–H groups in total. The molecule has 19 heteroatoms. The van der Waals surface area contributed by atoms with E-state index in [1.807, 2.05) is 0 Å². The van der Waals surface area contributed by atoms with Gasteiger partial charge in [-0.3, -0.25) is 37.3 Å². The van der Waals surface area contributed by atoms with E-state index >= 15 is 0 Å². The molecule has 0 aliphatic rings. The van der Waals surface area contributed by atoms with Crippen molar-refractivity contribution >= 4 is 39.5 Å². The Balaban J connectivity index is 5.16. The summed E-state index contributed by atoms with van der Waals surface area (Å²) in [5.41, 5.74) is 0. The number of aliphatic hydroxyl groups excluding tert-OH is 1. The quantitative estimate of drug-likeness (QED) is 0.0222. The number of esters is 4. The molecule has 17 nitrogen and oxygen atoms in total. The number of phosphoric acid groups is 2. The van der Waals surface area contributed by atoms with E-state index in [1.165, 1.54) is 161 Å². The van der Waals surface area contributed by atoms with Crippen molar-refractivity contribution in [2.24, 2.45) is 0 Å². The standard InChI is InChI=1S/C67H130O17P2/c1-5-9-13-17-21-24-26-28-29-30-31-32-34-36-38-42-46-50-54-67(72)84-63(58-78-65(70)52-48-44-41-37-35-33-27-25-22-18-14-10-6-2)60-82-86(75,76)80-56-61(68)55-79-85(73,74)81-59-62(57-77-64(69)51-47-43-39-20-16-12-8-4)83-66(71)53-49-45-40-23-19-15-11-7-3/h61-63,68H,5-60H2,1-4H3,(H,73,74)(H,75,76)/t61-,62+,63+/m0/s1. The Kier molecular flexibility index (Phi) is 60.5. The van der Waals surface area contributed by atoms with Crippen LogP contribution in [0.1, 0.15) is 349 Å². The minimum atomic E-state index is -4.95. The molecule has 0 spiro atoms. The summed E-state index contributed by atoms with van der Waals surface area (Å²) < 4.78 is 68.0. The number of phosphoric ester groups is 2. The third-order valence-electron chi connectivity index (χ3n) is 15.6. The first kappa shape index (κ1) is 84.1. The normalized spacial score (nSPS) is 14.1. The molecule has 5 atom stereocenters. The van der Waals surface area contributed by atoms with Crippen molar-refractivity contribution < 1.29 is 80.2 Å². The first-order valence-corrected chi connectivity index (χ1v) is 38.3. The van der Waals surface area contributed by atoms with Crippen LogP contribution >= 0.6 is 15.6 Å². The summed E-state index contributed by atoms with van der Waals surface area (Å²) in [6.07, 6.45) is 48.8. The second kappa shape index (κ2) is 61.9. The molecule has 0 amide bonds. The molecule has 0 heterocycles. The molecule has 0 aliphatic carbocycles. The fourth-order valence-electron chi connectivity index (χ4n) is 10.2. The van der Waals surface area contributed by atoms with Gasteiger partial charge in [-0.25, -0.2) is 9.13 Å². The number of hydrogen-bond acceptors (Lipinski definition) is 15. The third kappa shape index (κ3) is 60.9. The van der Waals surface area contributed by atoms with E-state index in [1.54, 1.807) is 0 Å². The second-order valence-electron chi connectivity index (χ2n) is 24.2. The molecule has 0 bridgehead atoms. The molecule has 2 unspecified atom stereocenters. The van der Waals surface area contributed by atoms with Gasteiger partial charge in [0.15, 0.2) is 12.2 Å². The maximum atomic E-state index is 13.0. The molecule has 0 fully saturated rings. The van der Waals surface area contributed by atoms with Crippen LogP contribution in [0.4, 0.5) is 0 Å². The number of ether oxygens (including phenoxy) is 4. The summed E-state index contributed by atoms with van der Waals surface area (Å²) in [5.74, 6) is -2.13. The van der Waals surface area contributed by atoms with Crippen LogP contribution in [0.3, 0.4) is 0 Å². The van der Waals surface area contributed by atoms with Crippen LogP contribution in [0.2, 0.25) is 0 Å². The first-order valence-electron chi connectivity index (χ1n) is 35.3. The van der Waals surface area contributed by atoms with Gasteiger partial charge in [0.1, 0.15) is 19.3 Å². The van der Waals surface area contributed by atoms with E-state index in [4.69, 9.17) is 37.0 Å². The summed E-state index contributed by atoms with van der Waals surface area (Å²) in [4.78, 5) is 72.2. The lowest BCUT2D eigenvalue weighted by atomic mass is 10.0. The zero-order valence-electron chi connectivity index (χ0n) is 55.3. The fraction of sp³-hybridized carbons (Fsp3) is 0.940. The summed E-state index contributed by atoms with van der Waals surface area (Å²) >= 11 is 0. The molecule has 510 valence electrons. The van der Waals surface area contributed by atoms with Crippen LogP contribution in [-0.2, 0) is 65.4 Å². The SMILES string of the molecule is CCCCCCCCCCCCCCCCCCCCC(=O)O[C@H](COC(=O)CCCCCCCCCCCCCCC)COP(=O)(O)OC[C@@H](O)COP(=O)(O)OC[C@@H](COC(=O)CCCCCCCCC)OC(=O)CCCCCCCCCC. The van der Waals surface area contributed by atoms with E-state index in [0.29, 0.717) is 25.7 Å². The zero-order valence-corrected chi connectivity index (χ0v) is 57.1. The minimum Gasteiger partial charge on any atom is -0.462 e. The van der Waals surface area contributed by atoms with Crippen molar-refractivity contribution in [3.05, 3.63) is 0 Å². The highest BCUT2D eigenvalue weighted by atomic mass is 31.2. The van der Waals surface area contributed by atoms with Gasteiger partial charge in [-0.15, -0.1) is 0 Å². The molecular weight excluding hydrogens is 1140 g/mol. The predicted molar refractivity (Wildman–Crippen MR) is 345 cm³/mol. The molecule has 0 aromatic carbocycles. The van der Waals surface area contributed by atoms with Crippen LogP contribution < -0.4 is 0 Å². The van der Waals surface area contributed by atoms with Crippen LogP contribution in [0.15, 0.2) is 0 Å². The van der Waals surface area contributed by atoms with Crippen LogP contribution in [0.25, 0.3) is 0 Å². The summed E-state index contributed by atoms with van der Waals surface area (Å²) in [7, 11) is -9.88. The smallest absolute Gasteiger partial charge is 0.462 e. The molecule has 0 aromatic heterocycles. The van der Waals surface area contributed by atoms with Crippen LogP contribution in [0.5, 0.6) is 0 Å². The van der Waals surface area contributed by atoms with E-state index in [2.05, 4.69) is 27.7 Å². The summed E-state index contributed by atoms with van der Waals surface area (Å²) in [5, 5.41) is 10.5. The average molecular weight is 1270 g/mol. The van der Waals surface area contributed by atoms with E-state index in [-0.39, 0.29) is 25.7 Å². The highest BCUT2D eigenvalue weighted by Crippen LogP contribution is 2.45. The van der Waals surface area contributed by atoms with Crippen molar-refractivity contribution in [1.29, 1.82) is 0 Å². The molecule has 0 rings (SSSR count). The van der Waals surface area contributed by atoms with Crippen LogP contribution in [-0.4, -0.2) is 96.7 Å². The third-order valence-corrected chi connectivity index (χ3v) is 17.5. The predicted octanol–water partition coefficient (Wildman–Crippen LogP) is 19.1. The molecule has 0 saturated carbocycles. The van der Waals surface area contributed by atoms with Gasteiger partial charge in [-0.05, 0) is 25.7 Å². The van der Waals surface area contributed by atoms with Crippen molar-refractivity contribution in [2.75, 3.05) is 39.6 Å². The van der Waals surface area contributed by atoms with Gasteiger partial charge in [0.05, 0.1) is 26.4 Å². The number of carbonyl (C=O) groups excluding carboxylic acids is 4. The topological polar surface area (TPSA) is 237 Å². The first-order chi connectivity index (χ1) is 41.7. The largest absolute Gasteiger partial charge is 0.472 e. The Morgan fingerprint density at radius 3 is 0.686 bits per heavy atom. The highest BCUT2D eigenvalue weighted by molar-refractivity contribution is 7.47. The van der Waals surface area contributed by atoms with Gasteiger partial charge in [-0.1, -0.05) is 297 Å². The van der Waals surface area contributed by atoms with Gasteiger partial charge in [0.25, 0.3) is 0 Å². The number of hydrogen-bond donors (Lipinski definition) is 3. The Morgan fingerprint density at radius 2 is 0.465 bits per heavy atom. The zero-order chi connectivity index (χ0) is 63.3. The fourth-order valence-corrected chi connectivity index (χ4v) is 11.7. The summed E-state index contributed by atoms with van der Waals surface area (Å²) in [6, 6.07) is 0. The molecular formula is C67H130O17P2. The number of aliphatic hydroxyl groups is 1. The Bertz CT molecular complexity index is 1650. The Hall–Kier alpha value is -1.94. The monoisotopic (exact) mass is 1270 g/mol. The van der Waals surface area contributed by atoms with Crippen molar-refractivity contribution in [2.45, 2.75) is 367 Å². The van der Waals surface area contributed by atoms with Gasteiger partial charge in [-0.2, -0.15) is 0 Å². The Morgan fingerprint density at radius 1 is 0.279 bits per heavy atom. The maximum absolute atomic E-state index is 13.0. The molecule has 0 radical (unpaired) electrons. The lowest BCUT2D eigenvalue weighted by Gasteiger charge is -2.21. The number of rotatable bonds is 68. The van der Waals surface area contributed by atoms with Gasteiger partial charge in [0.2, 0.25) is 0 Å². The lowest BCUT2D eigenvalue weighted by Crippen LogP contribution is -2.30. The molecule has 0 aliphatic heterocycles. The molecule has 0 aromatic rings. The maximum Gasteiger partial charge on any atom is 0.472 e. The van der Waals surface area contributed by atoms with E-state index < -0.39 is 97.5 Å². The van der Waals surface area contributed by atoms with Crippen molar-refractivity contribution in [1.82, 2.24) is 0 Å². The van der Waals surface area contributed by atoms with Crippen molar-refractivity contribution in [3.63, 3.8) is 0 Å². The number of carbonyl (C=O) groups is 4. The van der Waals surface area contributed by atoms with E-state index in [9.17, 15) is 43.2 Å². The number of unbranched alkanes of at least 4 members (excludes halogenated alkanes) is 42. The lowest BCUT2D eigenvalue weighted by molar-refractivity contribution is -0.161. The van der Waals surface area contributed by atoms with Gasteiger partial charge >= 0.3 is 39.5 Å². The second-order valence-corrected chi connectivity index (χ2v) is 27.1. The van der Waals surface area contributed by atoms with E-state index in [0.717, 1.165) is 109 Å². The summed E-state index contributed by atoms with van der Waals surface area (Å²) in [6.45, 7) is 4.86. The Labute approximate surface area is 524 Å². The van der Waals surface area contributed by atoms with Gasteiger partial charge < -0.3 is 33.8 Å². The van der Waals surface area contributed by atoms with Crippen LogP contribution in [0, 0.1) is 0 Å². The van der Waals surface area contributed by atoms with Crippen molar-refractivity contribution in [3.8, 4) is 0 Å². The minimum absolute atomic E-state index is 0.105.